The lowest BCUT2D eigenvalue weighted by atomic mass is 9.95. The topological polar surface area (TPSA) is 85.2 Å². The third kappa shape index (κ3) is 4.22. The average Bonchev–Trinajstić information content (AvgIpc) is 3.15. The van der Waals surface area contributed by atoms with E-state index < -0.39 is 11.5 Å². The van der Waals surface area contributed by atoms with Crippen LogP contribution in [0.15, 0.2) is 66.7 Å². The molecular formula is C25H22FN3O2. The number of nitriles is 1. The number of carboxylic acid groups (broad SMARTS) is 1. The van der Waals surface area contributed by atoms with E-state index in [0.29, 0.717) is 48.3 Å². The first-order valence-corrected chi connectivity index (χ1v) is 10.1. The molecule has 1 aliphatic carbocycles. The van der Waals surface area contributed by atoms with Crippen molar-refractivity contribution in [1.29, 1.82) is 5.26 Å². The molecule has 0 aromatic heterocycles. The van der Waals surface area contributed by atoms with Crippen molar-refractivity contribution in [1.82, 2.24) is 0 Å². The minimum Gasteiger partial charge on any atom is -0.479 e. The number of halogens is 1. The van der Waals surface area contributed by atoms with Crippen LogP contribution >= 0.6 is 0 Å². The molecule has 0 aliphatic heterocycles. The van der Waals surface area contributed by atoms with Crippen LogP contribution < -0.4 is 10.6 Å². The molecule has 0 saturated heterocycles. The van der Waals surface area contributed by atoms with Gasteiger partial charge in [-0.25, -0.2) is 9.18 Å². The summed E-state index contributed by atoms with van der Waals surface area (Å²) in [4.78, 5) is 12.2. The summed E-state index contributed by atoms with van der Waals surface area (Å²) in [5.41, 5.74) is 3.14. The Balaban J connectivity index is 1.52. The number of nitrogens with zero attached hydrogens (tertiary/aromatic N) is 1. The van der Waals surface area contributed by atoms with Crippen LogP contribution in [0, 0.1) is 17.1 Å². The fourth-order valence-corrected chi connectivity index (χ4v) is 4.08. The average molecular weight is 415 g/mol. The number of carboxylic acids is 1. The Bertz CT molecular complexity index is 1140. The normalized spacial score (nSPS) is 13.8. The van der Waals surface area contributed by atoms with Gasteiger partial charge in [-0.1, -0.05) is 42.5 Å². The molecular weight excluding hydrogens is 393 g/mol. The summed E-state index contributed by atoms with van der Waals surface area (Å²) >= 11 is 0. The van der Waals surface area contributed by atoms with Gasteiger partial charge in [0.15, 0.2) is 0 Å². The highest BCUT2D eigenvalue weighted by Crippen LogP contribution is 2.34. The van der Waals surface area contributed by atoms with Crippen LogP contribution in [0.2, 0.25) is 0 Å². The van der Waals surface area contributed by atoms with E-state index in [9.17, 15) is 19.6 Å². The highest BCUT2D eigenvalue weighted by Gasteiger charge is 2.44. The Kier molecular flexibility index (Phi) is 5.59. The van der Waals surface area contributed by atoms with Gasteiger partial charge in [0.05, 0.1) is 11.3 Å². The quantitative estimate of drug-likeness (QED) is 0.533. The van der Waals surface area contributed by atoms with Crippen molar-refractivity contribution < 1.29 is 14.3 Å². The maximum atomic E-state index is 13.8. The zero-order valence-electron chi connectivity index (χ0n) is 16.9. The SMILES string of the molecule is N#Cc1ccc(NC2(C(=O)O)Cc3ccccc3C2)cc1NCCc1ccccc1F. The van der Waals surface area contributed by atoms with Crippen molar-refractivity contribution in [2.24, 2.45) is 0 Å². The molecule has 0 atom stereocenters. The summed E-state index contributed by atoms with van der Waals surface area (Å²) in [5, 5.41) is 25.8. The van der Waals surface area contributed by atoms with E-state index in [4.69, 9.17) is 0 Å². The van der Waals surface area contributed by atoms with E-state index in [1.807, 2.05) is 24.3 Å². The third-order valence-corrected chi connectivity index (χ3v) is 5.70. The Hall–Kier alpha value is -3.85. The first kappa shape index (κ1) is 20.4. The van der Waals surface area contributed by atoms with E-state index in [1.165, 1.54) is 6.07 Å². The van der Waals surface area contributed by atoms with Gasteiger partial charge in [0.2, 0.25) is 0 Å². The van der Waals surface area contributed by atoms with Gasteiger partial charge in [0, 0.05) is 25.1 Å². The lowest BCUT2D eigenvalue weighted by molar-refractivity contribution is -0.142. The second-order valence-corrected chi connectivity index (χ2v) is 7.77. The summed E-state index contributed by atoms with van der Waals surface area (Å²) in [7, 11) is 0. The second-order valence-electron chi connectivity index (χ2n) is 7.77. The van der Waals surface area contributed by atoms with Crippen molar-refractivity contribution in [3.8, 4) is 6.07 Å². The Morgan fingerprint density at radius 3 is 2.39 bits per heavy atom. The molecule has 4 rings (SSSR count). The predicted octanol–water partition coefficient (Wildman–Crippen LogP) is 4.39. The van der Waals surface area contributed by atoms with E-state index >= 15 is 0 Å². The van der Waals surface area contributed by atoms with Crippen molar-refractivity contribution in [2.75, 3.05) is 17.2 Å². The van der Waals surface area contributed by atoms with Gasteiger partial charge >= 0.3 is 5.97 Å². The molecule has 0 radical (unpaired) electrons. The second kappa shape index (κ2) is 8.49. The smallest absolute Gasteiger partial charge is 0.330 e. The molecule has 0 unspecified atom stereocenters. The van der Waals surface area contributed by atoms with Gasteiger partial charge in [-0.3, -0.25) is 0 Å². The number of aliphatic carboxylic acids is 1. The first-order valence-electron chi connectivity index (χ1n) is 10.1. The van der Waals surface area contributed by atoms with Gasteiger partial charge in [0.1, 0.15) is 17.4 Å². The molecule has 3 aromatic rings. The van der Waals surface area contributed by atoms with Crippen LogP contribution in [0.1, 0.15) is 22.3 Å². The van der Waals surface area contributed by atoms with Crippen molar-refractivity contribution >= 4 is 17.3 Å². The fourth-order valence-electron chi connectivity index (χ4n) is 4.08. The van der Waals surface area contributed by atoms with Crippen LogP contribution in [0.25, 0.3) is 0 Å². The van der Waals surface area contributed by atoms with Gasteiger partial charge < -0.3 is 15.7 Å². The van der Waals surface area contributed by atoms with Gasteiger partial charge in [-0.2, -0.15) is 5.26 Å². The van der Waals surface area contributed by atoms with E-state index in [1.54, 1.807) is 36.4 Å². The van der Waals surface area contributed by atoms with E-state index in [0.717, 1.165) is 11.1 Å². The molecule has 0 fully saturated rings. The van der Waals surface area contributed by atoms with Crippen LogP contribution in [0.5, 0.6) is 0 Å². The molecule has 0 amide bonds. The van der Waals surface area contributed by atoms with Gasteiger partial charge in [-0.05, 0) is 47.4 Å². The number of nitrogens with one attached hydrogen (secondary N) is 2. The molecule has 31 heavy (non-hydrogen) atoms. The minimum atomic E-state index is -1.14. The zero-order valence-corrected chi connectivity index (χ0v) is 16.9. The maximum absolute atomic E-state index is 13.8. The predicted molar refractivity (Wildman–Crippen MR) is 118 cm³/mol. The molecule has 0 saturated carbocycles. The van der Waals surface area contributed by atoms with Gasteiger partial charge in [0.25, 0.3) is 0 Å². The Morgan fingerprint density at radius 1 is 1.06 bits per heavy atom. The first-order chi connectivity index (χ1) is 15.0. The van der Waals surface area contributed by atoms with Gasteiger partial charge in [-0.15, -0.1) is 0 Å². The lowest BCUT2D eigenvalue weighted by Gasteiger charge is -2.27. The number of hydrogen-bond donors (Lipinski definition) is 3. The molecule has 156 valence electrons. The fraction of sp³-hybridized carbons (Fsp3) is 0.200. The summed E-state index contributed by atoms with van der Waals surface area (Å²) in [6.07, 6.45) is 1.23. The van der Waals surface area contributed by atoms with E-state index in [-0.39, 0.29) is 5.82 Å². The van der Waals surface area contributed by atoms with Crippen LogP contribution in [-0.4, -0.2) is 23.2 Å². The van der Waals surface area contributed by atoms with Crippen molar-refractivity contribution in [2.45, 2.75) is 24.8 Å². The molecule has 0 spiro atoms. The number of carbonyl (C=O) groups is 1. The minimum absolute atomic E-state index is 0.260. The highest BCUT2D eigenvalue weighted by atomic mass is 19.1. The number of benzene rings is 3. The summed E-state index contributed by atoms with van der Waals surface area (Å²) in [6.45, 7) is 0.439. The molecule has 3 aromatic carbocycles. The number of rotatable bonds is 7. The van der Waals surface area contributed by atoms with Crippen LogP contribution in [-0.2, 0) is 24.1 Å². The van der Waals surface area contributed by atoms with Crippen molar-refractivity contribution in [3.63, 3.8) is 0 Å². The van der Waals surface area contributed by atoms with Crippen LogP contribution in [0.3, 0.4) is 0 Å². The largest absolute Gasteiger partial charge is 0.479 e. The summed E-state index contributed by atoms with van der Waals surface area (Å²) < 4.78 is 13.8. The Morgan fingerprint density at radius 2 is 1.74 bits per heavy atom. The van der Waals surface area contributed by atoms with E-state index in [2.05, 4.69) is 16.7 Å². The molecule has 0 bridgehead atoms. The monoisotopic (exact) mass is 415 g/mol. The lowest BCUT2D eigenvalue weighted by Crippen LogP contribution is -2.47. The summed E-state index contributed by atoms with van der Waals surface area (Å²) in [6, 6.07) is 21.6. The molecule has 6 heteroatoms. The molecule has 0 heterocycles. The van der Waals surface area contributed by atoms with Crippen molar-refractivity contribution in [3.05, 3.63) is 94.8 Å². The standard InChI is InChI=1S/C25H22FN3O2/c26-22-8-4-3-5-17(22)11-12-28-23-13-21(10-9-20(23)16-27)29-25(24(30)31)14-18-6-1-2-7-19(18)15-25/h1-10,13,28-29H,11-12,14-15H2,(H,30,31). The maximum Gasteiger partial charge on any atom is 0.330 e. The third-order valence-electron chi connectivity index (χ3n) is 5.70. The number of anilines is 2. The number of hydrogen-bond acceptors (Lipinski definition) is 4. The Labute approximate surface area is 180 Å². The summed E-state index contributed by atoms with van der Waals surface area (Å²) in [5.74, 6) is -1.17. The zero-order chi connectivity index (χ0) is 21.8. The van der Waals surface area contributed by atoms with Crippen LogP contribution in [0.4, 0.5) is 15.8 Å². The molecule has 3 N–H and O–H groups in total. The molecule has 1 aliphatic rings. The highest BCUT2D eigenvalue weighted by molar-refractivity contribution is 5.85. The number of fused-ring (bicyclic) bond motifs is 1. The molecule has 5 nitrogen and oxygen atoms in total.